The largest absolute Gasteiger partial charge is 0.454 e. The van der Waals surface area contributed by atoms with Crippen molar-refractivity contribution in [2.24, 2.45) is 0 Å². The normalized spacial score (nSPS) is 11.4. The van der Waals surface area contributed by atoms with Crippen LogP contribution in [-0.2, 0) is 14.3 Å². The first-order valence-corrected chi connectivity index (χ1v) is 8.43. The Morgan fingerprint density at radius 2 is 1.93 bits per heavy atom. The maximum absolute atomic E-state index is 13.0. The summed E-state index contributed by atoms with van der Waals surface area (Å²) in [5.74, 6) is -2.38. The van der Waals surface area contributed by atoms with E-state index in [0.29, 0.717) is 5.56 Å². The van der Waals surface area contributed by atoms with Crippen molar-refractivity contribution >= 4 is 35.1 Å². The second-order valence-corrected chi connectivity index (χ2v) is 6.25. The number of esters is 1. The van der Waals surface area contributed by atoms with E-state index in [1.165, 1.54) is 13.0 Å². The van der Waals surface area contributed by atoms with Crippen LogP contribution in [0, 0.1) is 12.7 Å². The van der Waals surface area contributed by atoms with Crippen LogP contribution in [0.4, 0.5) is 10.1 Å². The van der Waals surface area contributed by atoms with Gasteiger partial charge in [0.15, 0.2) is 6.61 Å². The molecule has 142 valence electrons. The molecule has 2 rings (SSSR count). The van der Waals surface area contributed by atoms with Gasteiger partial charge in [-0.3, -0.25) is 9.59 Å². The minimum Gasteiger partial charge on any atom is -0.454 e. The molecule has 2 N–H and O–H groups in total. The zero-order chi connectivity index (χ0) is 20.0. The maximum Gasteiger partial charge on any atom is 0.328 e. The van der Waals surface area contributed by atoms with Crippen LogP contribution in [0.2, 0.25) is 5.02 Å². The fourth-order valence-corrected chi connectivity index (χ4v) is 2.38. The quantitative estimate of drug-likeness (QED) is 0.740. The topological polar surface area (TPSA) is 84.5 Å². The standard InChI is InChI=1S/C19H18ClFN2O4/c1-11-4-3-5-13(8-11)18(25)22-12(2)19(26)27-10-17(24)23-16-7-6-14(21)9-15(16)20/h3-9,12H,10H2,1-2H3,(H,22,25)(H,23,24)/t12-/m0/s1. The smallest absolute Gasteiger partial charge is 0.328 e. The van der Waals surface area contributed by atoms with Gasteiger partial charge >= 0.3 is 5.97 Å². The molecule has 0 aliphatic rings. The zero-order valence-electron chi connectivity index (χ0n) is 14.7. The molecule has 0 saturated heterocycles. The van der Waals surface area contributed by atoms with Crippen LogP contribution in [0.25, 0.3) is 0 Å². The molecule has 0 aliphatic heterocycles. The summed E-state index contributed by atoms with van der Waals surface area (Å²) in [7, 11) is 0. The van der Waals surface area contributed by atoms with Gasteiger partial charge in [0.25, 0.3) is 11.8 Å². The summed E-state index contributed by atoms with van der Waals surface area (Å²) >= 11 is 5.80. The number of hydrogen-bond donors (Lipinski definition) is 2. The van der Waals surface area contributed by atoms with Crippen LogP contribution in [0.5, 0.6) is 0 Å². The monoisotopic (exact) mass is 392 g/mol. The van der Waals surface area contributed by atoms with Gasteiger partial charge in [0.05, 0.1) is 10.7 Å². The van der Waals surface area contributed by atoms with E-state index >= 15 is 0 Å². The van der Waals surface area contributed by atoms with Crippen molar-refractivity contribution in [3.63, 3.8) is 0 Å². The summed E-state index contributed by atoms with van der Waals surface area (Å²) in [5, 5.41) is 4.93. The summed E-state index contributed by atoms with van der Waals surface area (Å²) < 4.78 is 17.9. The molecule has 0 aliphatic carbocycles. The van der Waals surface area contributed by atoms with E-state index in [-0.39, 0.29) is 10.7 Å². The SMILES string of the molecule is Cc1cccc(C(=O)N[C@@H](C)C(=O)OCC(=O)Nc2ccc(F)cc2Cl)c1. The van der Waals surface area contributed by atoms with Crippen LogP contribution in [0.1, 0.15) is 22.8 Å². The lowest BCUT2D eigenvalue weighted by atomic mass is 10.1. The lowest BCUT2D eigenvalue weighted by Gasteiger charge is -2.14. The number of amides is 2. The molecule has 0 heterocycles. The molecule has 0 saturated carbocycles. The van der Waals surface area contributed by atoms with Crippen molar-refractivity contribution in [3.05, 3.63) is 64.4 Å². The lowest BCUT2D eigenvalue weighted by molar-refractivity contribution is -0.148. The molecule has 2 aromatic carbocycles. The fraction of sp³-hybridized carbons (Fsp3) is 0.211. The van der Waals surface area contributed by atoms with E-state index in [0.717, 1.165) is 17.7 Å². The number of ether oxygens (including phenoxy) is 1. The first-order chi connectivity index (χ1) is 12.8. The number of carbonyl (C=O) groups is 3. The molecule has 2 aromatic rings. The molecular weight excluding hydrogens is 375 g/mol. The Balaban J connectivity index is 1.83. The van der Waals surface area contributed by atoms with Gasteiger partial charge in [-0.15, -0.1) is 0 Å². The highest BCUT2D eigenvalue weighted by Gasteiger charge is 2.19. The fourth-order valence-electron chi connectivity index (χ4n) is 2.16. The van der Waals surface area contributed by atoms with E-state index in [4.69, 9.17) is 16.3 Å². The van der Waals surface area contributed by atoms with E-state index in [1.807, 2.05) is 13.0 Å². The predicted octanol–water partition coefficient (Wildman–Crippen LogP) is 3.09. The van der Waals surface area contributed by atoms with E-state index in [1.54, 1.807) is 18.2 Å². The Hall–Kier alpha value is -2.93. The molecule has 0 aromatic heterocycles. The average Bonchev–Trinajstić information content (AvgIpc) is 2.62. The summed E-state index contributed by atoms with van der Waals surface area (Å²) in [4.78, 5) is 35.9. The summed E-state index contributed by atoms with van der Waals surface area (Å²) in [6.45, 7) is 2.72. The molecule has 0 bridgehead atoms. The molecule has 0 radical (unpaired) electrons. The number of benzene rings is 2. The minimum absolute atomic E-state index is 0.0217. The highest BCUT2D eigenvalue weighted by molar-refractivity contribution is 6.33. The van der Waals surface area contributed by atoms with Gasteiger partial charge in [-0.25, -0.2) is 9.18 Å². The molecule has 1 atom stereocenters. The van der Waals surface area contributed by atoms with Crippen molar-refractivity contribution in [2.75, 3.05) is 11.9 Å². The molecule has 2 amide bonds. The number of nitrogens with one attached hydrogen (secondary N) is 2. The number of rotatable bonds is 6. The van der Waals surface area contributed by atoms with Crippen molar-refractivity contribution in [1.29, 1.82) is 0 Å². The van der Waals surface area contributed by atoms with Gasteiger partial charge in [0.1, 0.15) is 11.9 Å². The number of carbonyl (C=O) groups excluding carboxylic acids is 3. The Kier molecular flexibility index (Phi) is 6.90. The number of anilines is 1. The molecule has 0 fully saturated rings. The van der Waals surface area contributed by atoms with Crippen molar-refractivity contribution < 1.29 is 23.5 Å². The molecule has 0 unspecified atom stereocenters. The van der Waals surface area contributed by atoms with Crippen molar-refractivity contribution in [3.8, 4) is 0 Å². The summed E-state index contributed by atoms with van der Waals surface area (Å²) in [6.07, 6.45) is 0. The van der Waals surface area contributed by atoms with Crippen molar-refractivity contribution in [1.82, 2.24) is 5.32 Å². The van der Waals surface area contributed by atoms with E-state index in [9.17, 15) is 18.8 Å². The highest BCUT2D eigenvalue weighted by atomic mass is 35.5. The maximum atomic E-state index is 13.0. The third kappa shape index (κ3) is 6.07. The van der Waals surface area contributed by atoms with Crippen molar-refractivity contribution in [2.45, 2.75) is 19.9 Å². The Morgan fingerprint density at radius 1 is 1.19 bits per heavy atom. The molecule has 0 spiro atoms. The van der Waals surface area contributed by atoms with Crippen LogP contribution in [0.15, 0.2) is 42.5 Å². The molecule has 6 nitrogen and oxygen atoms in total. The average molecular weight is 393 g/mol. The van der Waals surface area contributed by atoms with E-state index < -0.39 is 36.2 Å². The van der Waals surface area contributed by atoms with Gasteiger partial charge in [0.2, 0.25) is 0 Å². The molecule has 27 heavy (non-hydrogen) atoms. The third-order valence-electron chi connectivity index (χ3n) is 3.53. The second-order valence-electron chi connectivity index (χ2n) is 5.84. The van der Waals surface area contributed by atoms with Gasteiger partial charge in [-0.05, 0) is 44.2 Å². The van der Waals surface area contributed by atoms with Gasteiger partial charge in [0, 0.05) is 5.56 Å². The van der Waals surface area contributed by atoms with Gasteiger partial charge < -0.3 is 15.4 Å². The third-order valence-corrected chi connectivity index (χ3v) is 3.84. The van der Waals surface area contributed by atoms with Crippen LogP contribution in [0.3, 0.4) is 0 Å². The summed E-state index contributed by atoms with van der Waals surface area (Å²) in [6, 6.07) is 9.43. The van der Waals surface area contributed by atoms with Gasteiger partial charge in [-0.1, -0.05) is 29.3 Å². The van der Waals surface area contributed by atoms with E-state index in [2.05, 4.69) is 10.6 Å². The number of aryl methyl sites for hydroxylation is 1. The Labute approximate surface area is 160 Å². The number of halogens is 2. The first-order valence-electron chi connectivity index (χ1n) is 8.05. The van der Waals surface area contributed by atoms with Crippen LogP contribution < -0.4 is 10.6 Å². The first kappa shape index (κ1) is 20.4. The summed E-state index contributed by atoms with van der Waals surface area (Å²) in [5.41, 5.74) is 1.52. The highest BCUT2D eigenvalue weighted by Crippen LogP contribution is 2.22. The molecular formula is C19H18ClFN2O4. The van der Waals surface area contributed by atoms with Crippen LogP contribution >= 0.6 is 11.6 Å². The Morgan fingerprint density at radius 3 is 2.59 bits per heavy atom. The van der Waals surface area contributed by atoms with Crippen LogP contribution in [-0.4, -0.2) is 30.4 Å². The second kappa shape index (κ2) is 9.14. The van der Waals surface area contributed by atoms with Gasteiger partial charge in [-0.2, -0.15) is 0 Å². The Bertz CT molecular complexity index is 873. The number of hydrogen-bond acceptors (Lipinski definition) is 4. The lowest BCUT2D eigenvalue weighted by Crippen LogP contribution is -2.40. The minimum atomic E-state index is -0.944. The zero-order valence-corrected chi connectivity index (χ0v) is 15.5. The molecule has 8 heteroatoms. The predicted molar refractivity (Wildman–Crippen MR) is 99.1 cm³/mol.